The van der Waals surface area contributed by atoms with Crippen LogP contribution in [0.3, 0.4) is 0 Å². The predicted molar refractivity (Wildman–Crippen MR) is 79.8 cm³/mol. The molecule has 0 heterocycles. The average molecular weight is 275 g/mol. The molecular weight excluding hydrogens is 257 g/mol. The molecule has 19 heavy (non-hydrogen) atoms. The lowest BCUT2D eigenvalue weighted by atomic mass is 10.2. The summed E-state index contributed by atoms with van der Waals surface area (Å²) >= 11 is 1.75. The monoisotopic (exact) mass is 275 g/mol. The minimum absolute atomic E-state index is 0.169. The fourth-order valence-corrected chi connectivity index (χ4v) is 2.82. The van der Waals surface area contributed by atoms with E-state index in [4.69, 9.17) is 0 Å². The molecule has 100 valence electrons. The summed E-state index contributed by atoms with van der Waals surface area (Å²) in [6.45, 7) is 3.65. The van der Waals surface area contributed by atoms with Gasteiger partial charge in [-0.2, -0.15) is 0 Å². The Kier molecular flexibility index (Phi) is 5.43. The van der Waals surface area contributed by atoms with Crippen LogP contribution in [0.1, 0.15) is 18.1 Å². The van der Waals surface area contributed by atoms with Gasteiger partial charge in [0, 0.05) is 17.2 Å². The lowest BCUT2D eigenvalue weighted by molar-refractivity contribution is 0.619. The Labute approximate surface area is 118 Å². The van der Waals surface area contributed by atoms with Crippen molar-refractivity contribution in [2.75, 3.05) is 6.54 Å². The van der Waals surface area contributed by atoms with Crippen LogP contribution in [0.25, 0.3) is 0 Å². The summed E-state index contributed by atoms with van der Waals surface area (Å²) < 4.78 is 13.3. The lowest BCUT2D eigenvalue weighted by Gasteiger charge is -2.10. The summed E-state index contributed by atoms with van der Waals surface area (Å²) in [7, 11) is 0. The van der Waals surface area contributed by atoms with Gasteiger partial charge in [0.25, 0.3) is 0 Å². The highest BCUT2D eigenvalue weighted by molar-refractivity contribution is 7.98. The van der Waals surface area contributed by atoms with Gasteiger partial charge in [-0.05, 0) is 35.9 Å². The molecule has 3 heteroatoms. The number of benzene rings is 2. The minimum atomic E-state index is -0.169. The van der Waals surface area contributed by atoms with Crippen LogP contribution < -0.4 is 5.32 Å². The van der Waals surface area contributed by atoms with Crippen molar-refractivity contribution in [2.24, 2.45) is 0 Å². The summed E-state index contributed by atoms with van der Waals surface area (Å²) in [5, 5.41) is 3.25. The van der Waals surface area contributed by atoms with Crippen molar-refractivity contribution in [3.05, 3.63) is 65.5 Å². The molecule has 0 saturated carbocycles. The molecule has 0 amide bonds. The number of rotatable bonds is 6. The van der Waals surface area contributed by atoms with Gasteiger partial charge in [-0.25, -0.2) is 4.39 Å². The highest BCUT2D eigenvalue weighted by atomic mass is 32.2. The van der Waals surface area contributed by atoms with E-state index in [0.717, 1.165) is 22.8 Å². The lowest BCUT2D eigenvalue weighted by Crippen LogP contribution is -2.12. The van der Waals surface area contributed by atoms with E-state index >= 15 is 0 Å². The van der Waals surface area contributed by atoms with Gasteiger partial charge in [0.1, 0.15) is 5.82 Å². The molecule has 2 rings (SSSR count). The molecule has 2 aromatic rings. The van der Waals surface area contributed by atoms with Gasteiger partial charge in [-0.15, -0.1) is 11.8 Å². The van der Waals surface area contributed by atoms with E-state index in [2.05, 4.69) is 24.4 Å². The topological polar surface area (TPSA) is 12.0 Å². The first kappa shape index (κ1) is 14.1. The van der Waals surface area contributed by atoms with Crippen molar-refractivity contribution < 1.29 is 4.39 Å². The van der Waals surface area contributed by atoms with E-state index in [-0.39, 0.29) is 5.82 Å². The van der Waals surface area contributed by atoms with Gasteiger partial charge < -0.3 is 5.32 Å². The molecule has 0 saturated heterocycles. The fraction of sp³-hybridized carbons (Fsp3) is 0.250. The number of hydrogen-bond acceptors (Lipinski definition) is 2. The first-order chi connectivity index (χ1) is 9.29. The van der Waals surface area contributed by atoms with Crippen LogP contribution in [0.15, 0.2) is 53.4 Å². The number of nitrogens with one attached hydrogen (secondary N) is 1. The first-order valence-corrected chi connectivity index (χ1v) is 7.44. The molecule has 1 nitrogen and oxygen atoms in total. The Bertz CT molecular complexity index is 513. The fourth-order valence-electron chi connectivity index (χ4n) is 1.82. The number of halogens is 1. The Morgan fingerprint density at radius 3 is 2.63 bits per heavy atom. The summed E-state index contributed by atoms with van der Waals surface area (Å²) in [6, 6.07) is 15.3. The molecule has 0 unspecified atom stereocenters. The standard InChI is InChI=1S/C16H18FNS/c1-2-18-11-14-10-15(17)8-9-16(14)19-12-13-6-4-3-5-7-13/h3-10,18H,2,11-12H2,1H3. The first-order valence-electron chi connectivity index (χ1n) is 6.45. The van der Waals surface area contributed by atoms with Gasteiger partial charge >= 0.3 is 0 Å². The van der Waals surface area contributed by atoms with Crippen molar-refractivity contribution in [1.82, 2.24) is 5.32 Å². The summed E-state index contributed by atoms with van der Waals surface area (Å²) in [5.41, 5.74) is 2.31. The summed E-state index contributed by atoms with van der Waals surface area (Å²) in [4.78, 5) is 1.14. The maximum Gasteiger partial charge on any atom is 0.123 e. The Balaban J connectivity index is 2.06. The predicted octanol–water partition coefficient (Wildman–Crippen LogP) is 4.23. The number of thioether (sulfide) groups is 1. The van der Waals surface area contributed by atoms with Crippen molar-refractivity contribution in [2.45, 2.75) is 24.1 Å². The van der Waals surface area contributed by atoms with Crippen molar-refractivity contribution in [1.29, 1.82) is 0 Å². The third-order valence-corrected chi connectivity index (χ3v) is 4.01. The van der Waals surface area contributed by atoms with Crippen molar-refractivity contribution in [3.8, 4) is 0 Å². The third-order valence-electron chi connectivity index (χ3n) is 2.83. The zero-order valence-corrected chi connectivity index (χ0v) is 11.8. The molecular formula is C16H18FNS. The van der Waals surface area contributed by atoms with Gasteiger partial charge in [0.15, 0.2) is 0 Å². The maximum atomic E-state index is 13.3. The van der Waals surface area contributed by atoms with E-state index in [1.165, 1.54) is 11.6 Å². The molecule has 0 fully saturated rings. The van der Waals surface area contributed by atoms with E-state index in [1.807, 2.05) is 24.3 Å². The molecule has 0 aliphatic carbocycles. The molecule has 0 spiro atoms. The molecule has 1 N–H and O–H groups in total. The molecule has 0 atom stereocenters. The highest BCUT2D eigenvalue weighted by Gasteiger charge is 2.05. The summed E-state index contributed by atoms with van der Waals surface area (Å²) in [6.07, 6.45) is 0. The maximum absolute atomic E-state index is 13.3. The minimum Gasteiger partial charge on any atom is -0.313 e. The van der Waals surface area contributed by atoms with Crippen molar-refractivity contribution >= 4 is 11.8 Å². The molecule has 0 aliphatic rings. The zero-order chi connectivity index (χ0) is 13.5. The van der Waals surface area contributed by atoms with Gasteiger partial charge in [0.2, 0.25) is 0 Å². The zero-order valence-electron chi connectivity index (χ0n) is 11.0. The van der Waals surface area contributed by atoms with Crippen LogP contribution in [-0.4, -0.2) is 6.54 Å². The second kappa shape index (κ2) is 7.31. The van der Waals surface area contributed by atoms with E-state index < -0.39 is 0 Å². The van der Waals surface area contributed by atoms with Gasteiger partial charge in [-0.1, -0.05) is 37.3 Å². The highest BCUT2D eigenvalue weighted by Crippen LogP contribution is 2.27. The van der Waals surface area contributed by atoms with Gasteiger partial charge in [0.05, 0.1) is 0 Å². The SMILES string of the molecule is CCNCc1cc(F)ccc1SCc1ccccc1. The number of hydrogen-bond donors (Lipinski definition) is 1. The van der Waals surface area contributed by atoms with Crippen molar-refractivity contribution in [3.63, 3.8) is 0 Å². The van der Waals surface area contributed by atoms with Crippen LogP contribution in [-0.2, 0) is 12.3 Å². The second-order valence-electron chi connectivity index (χ2n) is 4.31. The molecule has 2 aromatic carbocycles. The summed E-state index contributed by atoms with van der Waals surface area (Å²) in [5.74, 6) is 0.739. The largest absolute Gasteiger partial charge is 0.313 e. The quantitative estimate of drug-likeness (QED) is 0.792. The van der Waals surface area contributed by atoms with E-state index in [1.54, 1.807) is 17.8 Å². The van der Waals surface area contributed by atoms with Gasteiger partial charge in [-0.3, -0.25) is 0 Å². The Hall–Kier alpha value is -1.32. The van der Waals surface area contributed by atoms with E-state index in [9.17, 15) is 4.39 Å². The Morgan fingerprint density at radius 2 is 1.89 bits per heavy atom. The van der Waals surface area contributed by atoms with Crippen LogP contribution in [0.5, 0.6) is 0 Å². The molecule has 0 radical (unpaired) electrons. The smallest absolute Gasteiger partial charge is 0.123 e. The second-order valence-corrected chi connectivity index (χ2v) is 5.32. The Morgan fingerprint density at radius 1 is 1.11 bits per heavy atom. The average Bonchev–Trinajstić information content (AvgIpc) is 2.45. The normalized spacial score (nSPS) is 10.6. The van der Waals surface area contributed by atoms with Crippen LogP contribution >= 0.6 is 11.8 Å². The molecule has 0 aliphatic heterocycles. The molecule has 0 aromatic heterocycles. The van der Waals surface area contributed by atoms with Crippen LogP contribution in [0, 0.1) is 5.82 Å². The van der Waals surface area contributed by atoms with E-state index in [0.29, 0.717) is 6.54 Å². The molecule has 0 bridgehead atoms. The van der Waals surface area contributed by atoms with Crippen LogP contribution in [0.2, 0.25) is 0 Å². The van der Waals surface area contributed by atoms with Crippen LogP contribution in [0.4, 0.5) is 4.39 Å². The third kappa shape index (κ3) is 4.37.